The molecule has 0 aromatic heterocycles. The van der Waals surface area contributed by atoms with Gasteiger partial charge in [0, 0.05) is 0 Å². The van der Waals surface area contributed by atoms with E-state index in [0.29, 0.717) is 0 Å². The maximum absolute atomic E-state index is 12.7. The van der Waals surface area contributed by atoms with Gasteiger partial charge in [-0.1, -0.05) is 89.1 Å². The Hall–Kier alpha value is -3.03. The third-order valence-corrected chi connectivity index (χ3v) is 8.28. The zero-order valence-corrected chi connectivity index (χ0v) is 33.1. The number of benzene rings is 4. The summed E-state index contributed by atoms with van der Waals surface area (Å²) in [6, 6.07) is 31.2. The summed E-state index contributed by atoms with van der Waals surface area (Å²) in [6.45, 7) is 19.7. The number of alkyl halides is 6. The second kappa shape index (κ2) is 18.3. The van der Waals surface area contributed by atoms with Gasteiger partial charge in [-0.05, 0) is 46.2 Å². The van der Waals surface area contributed by atoms with Crippen molar-refractivity contribution in [3.05, 3.63) is 145 Å². The summed E-state index contributed by atoms with van der Waals surface area (Å²) in [5.41, 5.74) is 4.83. The molecule has 0 spiro atoms. The monoisotopic (exact) mass is 790 g/mol. The Morgan fingerprint density at radius 3 is 1.04 bits per heavy atom. The van der Waals surface area contributed by atoms with Gasteiger partial charge in [0.1, 0.15) is 0 Å². The van der Waals surface area contributed by atoms with E-state index < -0.39 is 23.5 Å². The molecule has 0 fully saturated rings. The molecular formula is C43H42Cl2F6Ti-4. The molecule has 6 aromatic carbocycles. The summed E-state index contributed by atoms with van der Waals surface area (Å²) >= 11 is 0. The molecule has 0 atom stereocenters. The van der Waals surface area contributed by atoms with Gasteiger partial charge < -0.3 is 45.1 Å². The van der Waals surface area contributed by atoms with Crippen LogP contribution in [0.5, 0.6) is 0 Å². The van der Waals surface area contributed by atoms with Crippen LogP contribution in [0.25, 0.3) is 43.8 Å². The molecule has 0 bridgehead atoms. The van der Waals surface area contributed by atoms with Gasteiger partial charge in [0.2, 0.25) is 0 Å². The molecule has 6 rings (SSSR count). The molecular weight excluding hydrogens is 749 g/mol. The molecule has 0 aliphatic rings. The van der Waals surface area contributed by atoms with E-state index in [1.165, 1.54) is 11.1 Å². The summed E-state index contributed by atoms with van der Waals surface area (Å²) in [5.74, 6) is 0. The van der Waals surface area contributed by atoms with Gasteiger partial charge in [0.25, 0.3) is 0 Å². The largest absolute Gasteiger partial charge is 2.00 e. The SMILES string of the molecule is CC(C)(C)c1cc2c(-c3ccc(C(F)(F)F)cc3)cccc2[cH-]1.CC(C)(C)c1cc2c(-c3ccc(C(F)(F)F)cc3)cccc2[cH-]1.[CH2-]C[CH2-].[Cl-].[Cl-].[Ti+2]. The summed E-state index contributed by atoms with van der Waals surface area (Å²) in [5, 5.41) is 4.40. The third kappa shape index (κ3) is 11.5. The van der Waals surface area contributed by atoms with Crippen molar-refractivity contribution in [3.63, 3.8) is 0 Å². The van der Waals surface area contributed by atoms with E-state index in [-0.39, 0.29) is 57.4 Å². The van der Waals surface area contributed by atoms with E-state index in [1.54, 1.807) is 24.3 Å². The van der Waals surface area contributed by atoms with Crippen LogP contribution in [0.3, 0.4) is 0 Å². The molecule has 0 radical (unpaired) electrons. The van der Waals surface area contributed by atoms with Gasteiger partial charge in [0.05, 0.1) is 11.1 Å². The minimum absolute atomic E-state index is 0. The topological polar surface area (TPSA) is 0 Å². The average Bonchev–Trinajstić information content (AvgIpc) is 3.67. The first-order valence-electron chi connectivity index (χ1n) is 16.1. The predicted octanol–water partition coefficient (Wildman–Crippen LogP) is 8.13. The zero-order chi connectivity index (χ0) is 36.4. The third-order valence-electron chi connectivity index (χ3n) is 8.28. The number of halogens is 8. The molecule has 0 heterocycles. The van der Waals surface area contributed by atoms with Crippen LogP contribution in [-0.2, 0) is 44.9 Å². The first kappa shape index (κ1) is 47.0. The Morgan fingerprint density at radius 1 is 0.500 bits per heavy atom. The van der Waals surface area contributed by atoms with E-state index in [1.807, 2.05) is 36.4 Å². The molecule has 0 aliphatic heterocycles. The van der Waals surface area contributed by atoms with Crippen LogP contribution in [0.4, 0.5) is 26.3 Å². The van der Waals surface area contributed by atoms with Crippen LogP contribution < -0.4 is 24.8 Å². The van der Waals surface area contributed by atoms with Crippen LogP contribution in [0.1, 0.15) is 70.2 Å². The van der Waals surface area contributed by atoms with Gasteiger partial charge in [-0.2, -0.15) is 38.5 Å². The Balaban J connectivity index is 0.000000459. The van der Waals surface area contributed by atoms with E-state index >= 15 is 0 Å². The van der Waals surface area contributed by atoms with Crippen LogP contribution in [0.2, 0.25) is 0 Å². The molecule has 0 nitrogen and oxygen atoms in total. The molecule has 9 heteroatoms. The second-order valence-electron chi connectivity index (χ2n) is 14.1. The molecule has 0 saturated heterocycles. The molecule has 0 saturated carbocycles. The molecule has 0 unspecified atom stereocenters. The Bertz CT molecular complexity index is 1840. The molecule has 0 amide bonds. The van der Waals surface area contributed by atoms with Crippen molar-refractivity contribution in [2.75, 3.05) is 0 Å². The first-order valence-corrected chi connectivity index (χ1v) is 16.1. The van der Waals surface area contributed by atoms with E-state index in [0.717, 1.165) is 74.5 Å². The fraction of sp³-hybridized carbons (Fsp3) is 0.256. The molecule has 278 valence electrons. The summed E-state index contributed by atoms with van der Waals surface area (Å²) in [6.07, 6.45) is -7.85. The Labute approximate surface area is 331 Å². The molecule has 52 heavy (non-hydrogen) atoms. The van der Waals surface area contributed by atoms with Crippen LogP contribution in [-0.4, -0.2) is 0 Å². The maximum Gasteiger partial charge on any atom is 2.00 e. The summed E-state index contributed by atoms with van der Waals surface area (Å²) in [4.78, 5) is 0. The fourth-order valence-electron chi connectivity index (χ4n) is 5.52. The number of hydrogen-bond acceptors (Lipinski definition) is 0. The van der Waals surface area contributed by atoms with Crippen molar-refractivity contribution in [2.45, 2.75) is 71.1 Å². The van der Waals surface area contributed by atoms with E-state index in [2.05, 4.69) is 79.7 Å². The van der Waals surface area contributed by atoms with Crippen LogP contribution >= 0.6 is 0 Å². The summed E-state index contributed by atoms with van der Waals surface area (Å²) < 4.78 is 76.3. The van der Waals surface area contributed by atoms with Crippen molar-refractivity contribution in [3.8, 4) is 22.3 Å². The van der Waals surface area contributed by atoms with Crippen LogP contribution in [0, 0.1) is 13.8 Å². The predicted molar refractivity (Wildman–Crippen MR) is 193 cm³/mol. The second-order valence-corrected chi connectivity index (χ2v) is 14.1. The average molecular weight is 792 g/mol. The fourth-order valence-corrected chi connectivity index (χ4v) is 5.52. The van der Waals surface area contributed by atoms with Gasteiger partial charge in [-0.15, -0.1) is 69.1 Å². The minimum Gasteiger partial charge on any atom is -1.00 e. The van der Waals surface area contributed by atoms with Crippen molar-refractivity contribution in [1.29, 1.82) is 0 Å². The molecule has 0 N–H and O–H groups in total. The van der Waals surface area contributed by atoms with Gasteiger partial charge >= 0.3 is 34.1 Å². The van der Waals surface area contributed by atoms with Crippen molar-refractivity contribution in [2.24, 2.45) is 0 Å². The van der Waals surface area contributed by atoms with Gasteiger partial charge in [-0.25, -0.2) is 0 Å². The van der Waals surface area contributed by atoms with Crippen molar-refractivity contribution < 1.29 is 72.9 Å². The van der Waals surface area contributed by atoms with E-state index in [9.17, 15) is 26.3 Å². The van der Waals surface area contributed by atoms with Gasteiger partial charge in [0.15, 0.2) is 0 Å². The van der Waals surface area contributed by atoms with Gasteiger partial charge in [-0.3, -0.25) is 0 Å². The zero-order valence-electron chi connectivity index (χ0n) is 30.0. The quantitative estimate of drug-likeness (QED) is 0.0945. The Kier molecular flexibility index (Phi) is 16.6. The normalized spacial score (nSPS) is 11.7. The standard InChI is InChI=1S/2C20H18F3.C3H6.2ClH.Ti/c2*1-19(2,3)16-11-14-5-4-6-17(18(14)12-16)13-7-9-15(10-8-13)20(21,22)23;1-3-2;;;/h2*4-12H,1-3H3;1-3H2;2*1H;/q2*-1;-2;;;+2/p-2. The van der Waals surface area contributed by atoms with E-state index in [4.69, 9.17) is 0 Å². The summed E-state index contributed by atoms with van der Waals surface area (Å²) in [7, 11) is 0. The Morgan fingerprint density at radius 2 is 0.788 bits per heavy atom. The van der Waals surface area contributed by atoms with Crippen molar-refractivity contribution in [1.82, 2.24) is 0 Å². The number of rotatable bonds is 2. The smallest absolute Gasteiger partial charge is 1.00 e. The maximum atomic E-state index is 12.7. The molecule has 0 aliphatic carbocycles. The minimum atomic E-state index is -4.30. The number of fused-ring (bicyclic) bond motifs is 2. The molecule has 6 aromatic rings. The first-order chi connectivity index (χ1) is 22.7. The number of hydrogen-bond donors (Lipinski definition) is 0. The van der Waals surface area contributed by atoms with Crippen LogP contribution in [0.15, 0.2) is 109 Å². The van der Waals surface area contributed by atoms with Crippen molar-refractivity contribution >= 4 is 21.5 Å².